The van der Waals surface area contributed by atoms with Crippen molar-refractivity contribution in [3.05, 3.63) is 71.4 Å². The molecule has 44 heavy (non-hydrogen) atoms. The third-order valence-corrected chi connectivity index (χ3v) is 8.78. The fourth-order valence-corrected chi connectivity index (χ4v) is 6.75. The molecule has 14 nitrogen and oxygen atoms in total. The number of amides is 3. The molecule has 2 N–H and O–H groups in total. The summed E-state index contributed by atoms with van der Waals surface area (Å²) in [4.78, 5) is 33.7. The zero-order chi connectivity index (χ0) is 31.0. The molecule has 16 heteroatoms. The summed E-state index contributed by atoms with van der Waals surface area (Å²) in [6.07, 6.45) is 2.67. The van der Waals surface area contributed by atoms with Crippen molar-refractivity contribution < 1.29 is 40.7 Å². The Labute approximate surface area is 259 Å². The molecule has 0 saturated carbocycles. The maximum Gasteiger partial charge on any atom is 0.409 e. The number of nitrogens with zero attached hydrogens (tertiary/aromatic N) is 5. The van der Waals surface area contributed by atoms with Crippen molar-refractivity contribution >= 4 is 35.4 Å². The van der Waals surface area contributed by atoms with Gasteiger partial charge in [0.25, 0.3) is 0 Å². The van der Waals surface area contributed by atoms with Crippen LogP contribution in [0.5, 0.6) is 0 Å². The van der Waals surface area contributed by atoms with E-state index in [1.807, 2.05) is 24.3 Å². The Morgan fingerprint density at radius 2 is 1.61 bits per heavy atom. The molecule has 4 aliphatic rings. The second-order valence-electron chi connectivity index (χ2n) is 11.1. The lowest BCUT2D eigenvalue weighted by molar-refractivity contribution is -0.00411. The van der Waals surface area contributed by atoms with Gasteiger partial charge in [0.05, 0.1) is 6.04 Å². The van der Waals surface area contributed by atoms with Gasteiger partial charge < -0.3 is 19.1 Å². The van der Waals surface area contributed by atoms with E-state index in [0.717, 1.165) is 25.7 Å². The first-order chi connectivity index (χ1) is 21.1. The number of thiol groups is 1. The number of aromatic nitrogens is 2. The first kappa shape index (κ1) is 30.3. The minimum absolute atomic E-state index is 0.00381. The van der Waals surface area contributed by atoms with E-state index in [2.05, 4.69) is 47.3 Å². The molecule has 7 rings (SSSR count). The molecule has 0 radical (unpaired) electrons. The third-order valence-electron chi connectivity index (χ3n) is 8.61. The second-order valence-corrected chi connectivity index (χ2v) is 12.2. The van der Waals surface area contributed by atoms with E-state index in [9.17, 15) is 9.59 Å². The number of hydroxylamine groups is 2. The first-order valence-electron chi connectivity index (χ1n) is 14.2. The highest BCUT2D eigenvalue weighted by molar-refractivity contribution is 7.79. The molecule has 0 unspecified atom stereocenters. The third kappa shape index (κ3) is 6.12. The van der Waals surface area contributed by atoms with Gasteiger partial charge in [0.15, 0.2) is 5.82 Å². The van der Waals surface area contributed by atoms with Crippen molar-refractivity contribution in [3.63, 3.8) is 0 Å². The van der Waals surface area contributed by atoms with E-state index in [4.69, 9.17) is 31.1 Å². The molecule has 3 saturated heterocycles. The van der Waals surface area contributed by atoms with Crippen LogP contribution < -0.4 is 0 Å². The van der Waals surface area contributed by atoms with Crippen molar-refractivity contribution in [2.45, 2.75) is 49.6 Å². The summed E-state index contributed by atoms with van der Waals surface area (Å²) in [5, 5.41) is 5.55. The number of rotatable bonds is 5. The van der Waals surface area contributed by atoms with Crippen molar-refractivity contribution in [3.8, 4) is 11.1 Å². The minimum atomic E-state index is -4.67. The molecule has 3 fully saturated rings. The smallest absolute Gasteiger partial charge is 0.409 e. The SMILES string of the molecule is O=C(OCC1c2ccccc2-c2ccccc21)N1CCC(c2noc([C@@H]3CC[C@@H]4CN3C(=O)N4OS)n2)CC1.O=S(=O)(O)O. The monoisotopic (exact) mass is 645 g/mol. The normalized spacial score (nSPS) is 21.5. The number of piperidine rings is 2. The number of likely N-dealkylation sites (tertiary alicyclic amines) is 1. The van der Waals surface area contributed by atoms with Gasteiger partial charge in [-0.2, -0.15) is 18.5 Å². The lowest BCUT2D eigenvalue weighted by atomic mass is 9.96. The lowest BCUT2D eigenvalue weighted by Crippen LogP contribution is -2.39. The van der Waals surface area contributed by atoms with Crippen LogP contribution in [0.15, 0.2) is 53.1 Å². The Hall–Kier alpha value is -3.70. The van der Waals surface area contributed by atoms with Crippen LogP contribution in [-0.2, 0) is 19.4 Å². The van der Waals surface area contributed by atoms with Crippen LogP contribution >= 0.6 is 12.9 Å². The highest BCUT2D eigenvalue weighted by Gasteiger charge is 2.48. The Morgan fingerprint density at radius 3 is 2.23 bits per heavy atom. The summed E-state index contributed by atoms with van der Waals surface area (Å²) in [5.41, 5.74) is 4.83. The molecule has 234 valence electrons. The highest BCUT2D eigenvalue weighted by atomic mass is 32.3. The van der Waals surface area contributed by atoms with Crippen LogP contribution in [0.25, 0.3) is 11.1 Å². The quantitative estimate of drug-likeness (QED) is 0.205. The van der Waals surface area contributed by atoms with Gasteiger partial charge in [0, 0.05) is 44.4 Å². The predicted molar refractivity (Wildman–Crippen MR) is 157 cm³/mol. The predicted octanol–water partition coefficient (Wildman–Crippen LogP) is 4.26. The summed E-state index contributed by atoms with van der Waals surface area (Å²) in [6.45, 7) is 2.00. The van der Waals surface area contributed by atoms with E-state index in [-0.39, 0.29) is 36.0 Å². The largest absolute Gasteiger partial charge is 0.448 e. The molecule has 2 bridgehead atoms. The minimum Gasteiger partial charge on any atom is -0.448 e. The van der Waals surface area contributed by atoms with Crippen LogP contribution in [0, 0.1) is 0 Å². The molecule has 3 aromatic rings. The van der Waals surface area contributed by atoms with Gasteiger partial charge in [0.1, 0.15) is 12.6 Å². The number of benzene rings is 2. The lowest BCUT2D eigenvalue weighted by Gasteiger charge is -2.30. The van der Waals surface area contributed by atoms with Crippen LogP contribution in [0.2, 0.25) is 0 Å². The maximum absolute atomic E-state index is 13.0. The summed E-state index contributed by atoms with van der Waals surface area (Å²) in [6, 6.07) is 16.2. The molecule has 0 spiro atoms. The standard InChI is InChI=1S/C28H29N5O5S.H2O4S/c34-27-32-15-18(33(27)38-39)9-10-24(32)26-29-25(30-37-26)17-11-13-31(14-12-17)28(35)36-16-23-21-7-3-1-5-19(21)20-6-2-4-8-22(20)23;1-5(2,3)4/h1-8,17-18,23-24,39H,9-16H2;(H2,1,2,3,4)/t18-,24+;/m1./s1. The number of hydrogen-bond acceptors (Lipinski definition) is 10. The van der Waals surface area contributed by atoms with Crippen molar-refractivity contribution in [1.29, 1.82) is 0 Å². The Kier molecular flexibility index (Phi) is 8.52. The zero-order valence-electron chi connectivity index (χ0n) is 23.4. The number of carbonyl (C=O) groups is 2. The number of carbonyl (C=O) groups excluding carboxylic acids is 2. The molecule has 2 aromatic carbocycles. The van der Waals surface area contributed by atoms with Gasteiger partial charge in [-0.1, -0.05) is 53.7 Å². The van der Waals surface area contributed by atoms with Crippen molar-refractivity contribution in [2.75, 3.05) is 26.2 Å². The van der Waals surface area contributed by atoms with Crippen LogP contribution in [-0.4, -0.2) is 86.9 Å². The van der Waals surface area contributed by atoms with Gasteiger partial charge in [0.2, 0.25) is 5.89 Å². The number of hydrogen-bond donors (Lipinski definition) is 3. The van der Waals surface area contributed by atoms with Gasteiger partial charge in [-0.25, -0.2) is 13.9 Å². The van der Waals surface area contributed by atoms with E-state index in [1.54, 1.807) is 9.80 Å². The average molecular weight is 646 g/mol. The van der Waals surface area contributed by atoms with E-state index in [1.165, 1.54) is 27.3 Å². The fraction of sp³-hybridized carbons (Fsp3) is 0.429. The van der Waals surface area contributed by atoms with Gasteiger partial charge in [-0.3, -0.25) is 9.11 Å². The van der Waals surface area contributed by atoms with Gasteiger partial charge >= 0.3 is 22.5 Å². The molecular weight excluding hydrogens is 614 g/mol. The molecule has 2 atom stereocenters. The summed E-state index contributed by atoms with van der Waals surface area (Å²) in [5.74, 6) is 1.22. The number of urea groups is 1. The van der Waals surface area contributed by atoms with E-state index < -0.39 is 10.4 Å². The Balaban J connectivity index is 0.000000637. The number of ether oxygens (including phenoxy) is 1. The van der Waals surface area contributed by atoms with E-state index >= 15 is 0 Å². The summed E-state index contributed by atoms with van der Waals surface area (Å²) < 4.78 is 48.0. The fourth-order valence-electron chi connectivity index (χ4n) is 6.55. The van der Waals surface area contributed by atoms with Crippen LogP contribution in [0.4, 0.5) is 9.59 Å². The van der Waals surface area contributed by atoms with Crippen LogP contribution in [0.3, 0.4) is 0 Å². The van der Waals surface area contributed by atoms with Gasteiger partial charge in [-0.05, 0) is 47.9 Å². The first-order valence-corrected chi connectivity index (χ1v) is 15.9. The second kappa shape index (κ2) is 12.4. The summed E-state index contributed by atoms with van der Waals surface area (Å²) in [7, 11) is -4.67. The molecular formula is C28H31N5O9S2. The average Bonchev–Trinajstić information content (AvgIpc) is 3.69. The molecule has 1 aliphatic carbocycles. The topological polar surface area (TPSA) is 176 Å². The Morgan fingerprint density at radius 1 is 1.00 bits per heavy atom. The van der Waals surface area contributed by atoms with Crippen LogP contribution in [0.1, 0.15) is 66.4 Å². The maximum atomic E-state index is 13.0. The van der Waals surface area contributed by atoms with Crippen molar-refractivity contribution in [2.24, 2.45) is 0 Å². The van der Waals surface area contributed by atoms with Gasteiger partial charge in [-0.15, -0.1) is 0 Å². The molecule has 1 aromatic heterocycles. The van der Waals surface area contributed by atoms with E-state index in [0.29, 0.717) is 38.0 Å². The highest BCUT2D eigenvalue weighted by Crippen LogP contribution is 2.44. The van der Waals surface area contributed by atoms with Crippen molar-refractivity contribution in [1.82, 2.24) is 25.0 Å². The molecule has 4 heterocycles. The zero-order valence-corrected chi connectivity index (χ0v) is 25.1. The Bertz CT molecular complexity index is 1590. The molecule has 3 aliphatic heterocycles. The summed E-state index contributed by atoms with van der Waals surface area (Å²) >= 11 is 3.82. The number of fused-ring (bicyclic) bond motifs is 5. The molecule has 3 amide bonds.